The first kappa shape index (κ1) is 17.6. The number of benzene rings is 2. The van der Waals surface area contributed by atoms with Gasteiger partial charge in [0.2, 0.25) is 0 Å². The molecule has 2 heterocycles. The normalized spacial score (nSPS) is 12.2. The summed E-state index contributed by atoms with van der Waals surface area (Å²) in [5.74, 6) is 2.20. The molecule has 2 aromatic carbocycles. The average molecular weight is 378 g/mol. The van der Waals surface area contributed by atoms with Crippen molar-refractivity contribution in [2.45, 2.75) is 0 Å². The number of ether oxygens (including phenoxy) is 3. The highest BCUT2D eigenvalue weighted by molar-refractivity contribution is 6.02. The van der Waals surface area contributed by atoms with E-state index in [0.717, 1.165) is 5.69 Å². The summed E-state index contributed by atoms with van der Waals surface area (Å²) in [5, 5.41) is 13.9. The van der Waals surface area contributed by atoms with E-state index in [-0.39, 0.29) is 11.6 Å². The lowest BCUT2D eigenvalue weighted by Crippen LogP contribution is -2.15. The second-order valence-electron chi connectivity index (χ2n) is 5.97. The van der Waals surface area contributed by atoms with Gasteiger partial charge in [0, 0.05) is 23.5 Å². The lowest BCUT2D eigenvalue weighted by molar-refractivity contribution is 0.102. The van der Waals surface area contributed by atoms with Gasteiger partial charge < -0.3 is 24.8 Å². The second kappa shape index (κ2) is 7.83. The van der Waals surface area contributed by atoms with E-state index in [1.165, 1.54) is 0 Å². The van der Waals surface area contributed by atoms with E-state index in [2.05, 4.69) is 20.8 Å². The van der Waals surface area contributed by atoms with Crippen LogP contribution in [0.2, 0.25) is 0 Å². The van der Waals surface area contributed by atoms with Crippen LogP contribution < -0.4 is 24.8 Å². The number of nitrogens with zero attached hydrogens (tertiary/aromatic N) is 2. The number of methoxy groups -OCH3 is 1. The smallest absolute Gasteiger partial charge is 0.276 e. The molecular formula is C20H18N4O4. The molecule has 0 saturated heterocycles. The highest BCUT2D eigenvalue weighted by Crippen LogP contribution is 2.33. The van der Waals surface area contributed by atoms with Crippen LogP contribution in [0.3, 0.4) is 0 Å². The van der Waals surface area contributed by atoms with Gasteiger partial charge in [-0.1, -0.05) is 6.07 Å². The van der Waals surface area contributed by atoms with E-state index in [0.29, 0.717) is 42.0 Å². The molecule has 8 heteroatoms. The summed E-state index contributed by atoms with van der Waals surface area (Å²) in [6.45, 7) is 1.07. The van der Waals surface area contributed by atoms with Crippen LogP contribution in [0.5, 0.6) is 17.2 Å². The molecule has 28 heavy (non-hydrogen) atoms. The fourth-order valence-electron chi connectivity index (χ4n) is 2.68. The van der Waals surface area contributed by atoms with Gasteiger partial charge in [0.25, 0.3) is 5.91 Å². The first-order valence-electron chi connectivity index (χ1n) is 8.67. The summed E-state index contributed by atoms with van der Waals surface area (Å²) < 4.78 is 16.2. The number of rotatable bonds is 5. The van der Waals surface area contributed by atoms with Crippen molar-refractivity contribution in [3.05, 3.63) is 60.3 Å². The topological polar surface area (TPSA) is 94.6 Å². The van der Waals surface area contributed by atoms with Crippen LogP contribution in [-0.4, -0.2) is 36.4 Å². The Hall–Kier alpha value is -3.81. The van der Waals surface area contributed by atoms with Gasteiger partial charge in [-0.15, -0.1) is 10.2 Å². The lowest BCUT2D eigenvalue weighted by atomic mass is 10.2. The van der Waals surface area contributed by atoms with Crippen molar-refractivity contribution >= 4 is 23.1 Å². The van der Waals surface area contributed by atoms with E-state index in [1.54, 1.807) is 43.5 Å². The monoisotopic (exact) mass is 378 g/mol. The Morgan fingerprint density at radius 3 is 2.61 bits per heavy atom. The van der Waals surface area contributed by atoms with Gasteiger partial charge in [-0.2, -0.15) is 0 Å². The van der Waals surface area contributed by atoms with E-state index in [4.69, 9.17) is 14.2 Å². The molecule has 8 nitrogen and oxygen atoms in total. The number of aromatic nitrogens is 2. The van der Waals surface area contributed by atoms with Crippen LogP contribution in [0.15, 0.2) is 54.6 Å². The molecule has 1 aliphatic rings. The van der Waals surface area contributed by atoms with Crippen LogP contribution >= 0.6 is 0 Å². The van der Waals surface area contributed by atoms with Crippen molar-refractivity contribution in [1.82, 2.24) is 10.2 Å². The second-order valence-corrected chi connectivity index (χ2v) is 5.97. The number of fused-ring (bicyclic) bond motifs is 1. The van der Waals surface area contributed by atoms with Gasteiger partial charge in [-0.25, -0.2) is 0 Å². The van der Waals surface area contributed by atoms with Crippen molar-refractivity contribution in [3.8, 4) is 17.2 Å². The van der Waals surface area contributed by atoms with E-state index in [9.17, 15) is 4.79 Å². The molecular weight excluding hydrogens is 360 g/mol. The molecule has 1 amide bonds. The van der Waals surface area contributed by atoms with Gasteiger partial charge >= 0.3 is 0 Å². The summed E-state index contributed by atoms with van der Waals surface area (Å²) in [6.07, 6.45) is 0. The molecule has 0 aliphatic carbocycles. The van der Waals surface area contributed by atoms with Gasteiger partial charge in [0.15, 0.2) is 23.0 Å². The maximum Gasteiger partial charge on any atom is 0.276 e. The molecule has 0 atom stereocenters. The summed E-state index contributed by atoms with van der Waals surface area (Å²) in [5.41, 5.74) is 1.60. The first-order chi connectivity index (χ1) is 13.7. The fraction of sp³-hybridized carbons (Fsp3) is 0.150. The van der Waals surface area contributed by atoms with Crippen molar-refractivity contribution in [1.29, 1.82) is 0 Å². The SMILES string of the molecule is COc1cccc(NC(=O)c2ccc(Nc3ccc4c(c3)OCCO4)nn2)c1. The number of hydrogen-bond acceptors (Lipinski definition) is 7. The van der Waals surface area contributed by atoms with Crippen LogP contribution in [-0.2, 0) is 0 Å². The van der Waals surface area contributed by atoms with Crippen molar-refractivity contribution in [3.63, 3.8) is 0 Å². The lowest BCUT2D eigenvalue weighted by Gasteiger charge is -2.19. The minimum Gasteiger partial charge on any atom is -0.497 e. The van der Waals surface area contributed by atoms with Gasteiger partial charge in [0.1, 0.15) is 19.0 Å². The maximum absolute atomic E-state index is 12.3. The predicted molar refractivity (Wildman–Crippen MR) is 104 cm³/mol. The van der Waals surface area contributed by atoms with Crippen molar-refractivity contribution < 1.29 is 19.0 Å². The van der Waals surface area contributed by atoms with E-state index < -0.39 is 0 Å². The van der Waals surface area contributed by atoms with Crippen molar-refractivity contribution in [2.24, 2.45) is 0 Å². The molecule has 0 fully saturated rings. The molecule has 1 aromatic heterocycles. The molecule has 0 saturated carbocycles. The Morgan fingerprint density at radius 1 is 0.964 bits per heavy atom. The molecule has 0 bridgehead atoms. The fourth-order valence-corrected chi connectivity index (χ4v) is 2.68. The quantitative estimate of drug-likeness (QED) is 0.704. The number of anilines is 3. The third-order valence-electron chi connectivity index (χ3n) is 4.04. The van der Waals surface area contributed by atoms with Gasteiger partial charge in [-0.3, -0.25) is 4.79 Å². The molecule has 4 rings (SSSR count). The molecule has 1 aliphatic heterocycles. The zero-order chi connectivity index (χ0) is 19.3. The summed E-state index contributed by atoms with van der Waals surface area (Å²) >= 11 is 0. The van der Waals surface area contributed by atoms with Crippen LogP contribution in [0.1, 0.15) is 10.5 Å². The average Bonchev–Trinajstić information content (AvgIpc) is 2.74. The molecule has 142 valence electrons. The largest absolute Gasteiger partial charge is 0.497 e. The standard InChI is InChI=1S/C20H18N4O4/c1-26-15-4-2-3-13(11-15)22-20(25)16-6-8-19(24-23-16)21-14-5-7-17-18(12-14)28-10-9-27-17/h2-8,11-12H,9-10H2,1H3,(H,21,24)(H,22,25). The van der Waals surface area contributed by atoms with Crippen LogP contribution in [0.4, 0.5) is 17.2 Å². The zero-order valence-electron chi connectivity index (χ0n) is 15.1. The Bertz CT molecular complexity index is 992. The first-order valence-corrected chi connectivity index (χ1v) is 8.67. The Morgan fingerprint density at radius 2 is 1.82 bits per heavy atom. The number of carbonyl (C=O) groups excluding carboxylic acids is 1. The molecule has 0 radical (unpaired) electrons. The maximum atomic E-state index is 12.3. The summed E-state index contributed by atoms with van der Waals surface area (Å²) in [7, 11) is 1.57. The highest BCUT2D eigenvalue weighted by atomic mass is 16.6. The molecule has 0 unspecified atom stereocenters. The Kier molecular flexibility index (Phi) is 4.92. The predicted octanol–water partition coefficient (Wildman–Crippen LogP) is 3.25. The third kappa shape index (κ3) is 3.96. The Balaban J connectivity index is 1.42. The number of carbonyl (C=O) groups is 1. The highest BCUT2D eigenvalue weighted by Gasteiger charge is 2.13. The zero-order valence-corrected chi connectivity index (χ0v) is 15.1. The van der Waals surface area contributed by atoms with Gasteiger partial charge in [0.05, 0.1) is 7.11 Å². The number of nitrogens with one attached hydrogen (secondary N) is 2. The van der Waals surface area contributed by atoms with Crippen LogP contribution in [0, 0.1) is 0 Å². The third-order valence-corrected chi connectivity index (χ3v) is 4.04. The van der Waals surface area contributed by atoms with Crippen LogP contribution in [0.25, 0.3) is 0 Å². The van der Waals surface area contributed by atoms with E-state index >= 15 is 0 Å². The summed E-state index contributed by atoms with van der Waals surface area (Å²) in [6, 6.07) is 15.9. The minimum absolute atomic E-state index is 0.204. The molecule has 2 N–H and O–H groups in total. The van der Waals surface area contributed by atoms with Crippen molar-refractivity contribution in [2.75, 3.05) is 31.0 Å². The minimum atomic E-state index is -0.355. The van der Waals surface area contributed by atoms with E-state index in [1.807, 2.05) is 18.2 Å². The molecule has 3 aromatic rings. The number of hydrogen-bond donors (Lipinski definition) is 2. The summed E-state index contributed by atoms with van der Waals surface area (Å²) in [4.78, 5) is 12.3. The Labute approximate surface area is 161 Å². The number of amides is 1. The molecule has 0 spiro atoms. The van der Waals surface area contributed by atoms with Gasteiger partial charge in [-0.05, 0) is 36.4 Å².